The van der Waals surface area contributed by atoms with Crippen LogP contribution >= 0.6 is 0 Å². The molecule has 1 aromatic carbocycles. The first kappa shape index (κ1) is 12.3. The van der Waals surface area contributed by atoms with Gasteiger partial charge in [0.15, 0.2) is 0 Å². The minimum absolute atomic E-state index is 0.133. The molecule has 94 valence electrons. The van der Waals surface area contributed by atoms with E-state index in [-0.39, 0.29) is 6.04 Å². The van der Waals surface area contributed by atoms with Gasteiger partial charge < -0.3 is 5.73 Å². The predicted molar refractivity (Wildman–Crippen MR) is 67.4 cm³/mol. The molecule has 0 unspecified atom stereocenters. The Hall–Kier alpha value is -1.11. The SMILES string of the molecule is CN(Cc1ccc(N)cc1)S(=O)(=O)NC1CC1. The highest BCUT2D eigenvalue weighted by Crippen LogP contribution is 2.20. The summed E-state index contributed by atoms with van der Waals surface area (Å²) in [6, 6.07) is 7.33. The molecule has 6 heteroatoms. The predicted octanol–water partition coefficient (Wildman–Crippen LogP) is 0.697. The van der Waals surface area contributed by atoms with Crippen LogP contribution in [-0.4, -0.2) is 25.8 Å². The van der Waals surface area contributed by atoms with Gasteiger partial charge in [-0.3, -0.25) is 0 Å². The molecule has 0 saturated heterocycles. The third-order valence-corrected chi connectivity index (χ3v) is 4.27. The molecule has 0 aromatic heterocycles. The van der Waals surface area contributed by atoms with Crippen molar-refractivity contribution in [3.63, 3.8) is 0 Å². The zero-order chi connectivity index (χ0) is 12.5. The Morgan fingerprint density at radius 1 is 1.35 bits per heavy atom. The third-order valence-electron chi connectivity index (χ3n) is 2.69. The molecule has 0 bridgehead atoms. The maximum Gasteiger partial charge on any atom is 0.279 e. The number of nitrogens with zero attached hydrogens (tertiary/aromatic N) is 1. The number of hydrogen-bond donors (Lipinski definition) is 2. The van der Waals surface area contributed by atoms with Gasteiger partial charge in [0, 0.05) is 25.3 Å². The van der Waals surface area contributed by atoms with E-state index in [1.807, 2.05) is 12.1 Å². The number of benzene rings is 1. The molecule has 2 rings (SSSR count). The molecule has 0 heterocycles. The van der Waals surface area contributed by atoms with Crippen LogP contribution in [0.15, 0.2) is 24.3 Å². The van der Waals surface area contributed by atoms with Gasteiger partial charge in [0.25, 0.3) is 10.2 Å². The Bertz CT molecular complexity index is 480. The first-order valence-electron chi connectivity index (χ1n) is 5.55. The van der Waals surface area contributed by atoms with E-state index >= 15 is 0 Å². The van der Waals surface area contributed by atoms with Gasteiger partial charge in [0.2, 0.25) is 0 Å². The topological polar surface area (TPSA) is 75.4 Å². The number of rotatable bonds is 5. The van der Waals surface area contributed by atoms with Gasteiger partial charge >= 0.3 is 0 Å². The van der Waals surface area contributed by atoms with Crippen LogP contribution in [0, 0.1) is 0 Å². The zero-order valence-corrected chi connectivity index (χ0v) is 10.6. The Kier molecular flexibility index (Phi) is 3.37. The molecule has 1 fully saturated rings. The van der Waals surface area contributed by atoms with Gasteiger partial charge in [-0.25, -0.2) is 0 Å². The van der Waals surface area contributed by atoms with Crippen molar-refractivity contribution in [1.82, 2.24) is 9.03 Å². The number of nitrogens with two attached hydrogens (primary N) is 1. The summed E-state index contributed by atoms with van der Waals surface area (Å²) < 4.78 is 27.6. The largest absolute Gasteiger partial charge is 0.399 e. The monoisotopic (exact) mass is 255 g/mol. The molecule has 1 aliphatic carbocycles. The molecular weight excluding hydrogens is 238 g/mol. The maximum absolute atomic E-state index is 11.8. The molecule has 0 radical (unpaired) electrons. The van der Waals surface area contributed by atoms with Crippen molar-refractivity contribution in [2.75, 3.05) is 12.8 Å². The lowest BCUT2D eigenvalue weighted by Crippen LogP contribution is -2.38. The summed E-state index contributed by atoms with van der Waals surface area (Å²) >= 11 is 0. The number of nitrogens with one attached hydrogen (secondary N) is 1. The Balaban J connectivity index is 2.00. The minimum Gasteiger partial charge on any atom is -0.399 e. The lowest BCUT2D eigenvalue weighted by Gasteiger charge is -2.17. The van der Waals surface area contributed by atoms with E-state index in [4.69, 9.17) is 5.73 Å². The van der Waals surface area contributed by atoms with Crippen LogP contribution in [0.5, 0.6) is 0 Å². The van der Waals surface area contributed by atoms with E-state index in [0.29, 0.717) is 12.2 Å². The molecule has 1 aliphatic rings. The quantitative estimate of drug-likeness (QED) is 0.760. The molecule has 0 atom stereocenters. The van der Waals surface area contributed by atoms with Crippen molar-refractivity contribution in [2.45, 2.75) is 25.4 Å². The second kappa shape index (κ2) is 4.64. The van der Waals surface area contributed by atoms with Crippen LogP contribution in [0.2, 0.25) is 0 Å². The van der Waals surface area contributed by atoms with Crippen LogP contribution in [0.4, 0.5) is 5.69 Å². The molecule has 3 N–H and O–H groups in total. The minimum atomic E-state index is -3.35. The van der Waals surface area contributed by atoms with Crippen LogP contribution in [0.25, 0.3) is 0 Å². The molecule has 0 amide bonds. The van der Waals surface area contributed by atoms with Gasteiger partial charge in [0.1, 0.15) is 0 Å². The Morgan fingerprint density at radius 3 is 2.47 bits per heavy atom. The van der Waals surface area contributed by atoms with Gasteiger partial charge in [-0.15, -0.1) is 0 Å². The Morgan fingerprint density at radius 2 is 1.94 bits per heavy atom. The highest BCUT2D eigenvalue weighted by atomic mass is 32.2. The fourth-order valence-electron chi connectivity index (χ4n) is 1.47. The zero-order valence-electron chi connectivity index (χ0n) is 9.76. The summed E-state index contributed by atoms with van der Waals surface area (Å²) in [4.78, 5) is 0. The van der Waals surface area contributed by atoms with Crippen LogP contribution in [-0.2, 0) is 16.8 Å². The standard InChI is InChI=1S/C11H17N3O2S/c1-14(17(15,16)13-11-6-7-11)8-9-2-4-10(12)5-3-9/h2-5,11,13H,6-8,12H2,1H3. The molecule has 5 nitrogen and oxygen atoms in total. The van der Waals surface area contributed by atoms with Crippen molar-refractivity contribution < 1.29 is 8.42 Å². The summed E-state index contributed by atoms with van der Waals surface area (Å²) in [5, 5.41) is 0. The first-order chi connectivity index (χ1) is 7.97. The summed E-state index contributed by atoms with van der Waals surface area (Å²) in [6.45, 7) is 0.350. The summed E-state index contributed by atoms with van der Waals surface area (Å²) in [5.41, 5.74) is 7.17. The van der Waals surface area contributed by atoms with E-state index in [1.165, 1.54) is 4.31 Å². The molecule has 17 heavy (non-hydrogen) atoms. The second-order valence-corrected chi connectivity index (χ2v) is 6.20. The maximum atomic E-state index is 11.8. The lowest BCUT2D eigenvalue weighted by molar-refractivity contribution is 0.454. The average Bonchev–Trinajstić information content (AvgIpc) is 3.04. The summed E-state index contributed by atoms with van der Waals surface area (Å²) in [5.74, 6) is 0. The van der Waals surface area contributed by atoms with E-state index in [1.54, 1.807) is 19.2 Å². The lowest BCUT2D eigenvalue weighted by atomic mass is 10.2. The van der Waals surface area contributed by atoms with Crippen LogP contribution in [0.3, 0.4) is 0 Å². The highest BCUT2D eigenvalue weighted by molar-refractivity contribution is 7.87. The molecular formula is C11H17N3O2S. The van der Waals surface area contributed by atoms with Crippen molar-refractivity contribution in [2.24, 2.45) is 0 Å². The number of anilines is 1. The smallest absolute Gasteiger partial charge is 0.279 e. The molecule has 0 aliphatic heterocycles. The Labute approximate surface area is 102 Å². The first-order valence-corrected chi connectivity index (χ1v) is 6.99. The van der Waals surface area contributed by atoms with E-state index in [2.05, 4.69) is 4.72 Å². The summed E-state index contributed by atoms with van der Waals surface area (Å²) in [6.07, 6.45) is 1.88. The molecule has 1 saturated carbocycles. The normalized spacial score (nSPS) is 16.4. The number of hydrogen-bond acceptors (Lipinski definition) is 3. The highest BCUT2D eigenvalue weighted by Gasteiger charge is 2.29. The van der Waals surface area contributed by atoms with Gasteiger partial charge in [-0.05, 0) is 30.5 Å². The fourth-order valence-corrected chi connectivity index (χ4v) is 2.62. The fraction of sp³-hybridized carbons (Fsp3) is 0.455. The van der Waals surface area contributed by atoms with Crippen LogP contribution < -0.4 is 10.5 Å². The third kappa shape index (κ3) is 3.42. The van der Waals surface area contributed by atoms with Crippen molar-refractivity contribution in [1.29, 1.82) is 0 Å². The number of nitrogen functional groups attached to an aromatic ring is 1. The van der Waals surface area contributed by atoms with Gasteiger partial charge in [0.05, 0.1) is 0 Å². The second-order valence-electron chi connectivity index (χ2n) is 4.39. The summed E-state index contributed by atoms with van der Waals surface area (Å²) in [7, 11) is -1.78. The van der Waals surface area contributed by atoms with Gasteiger partial charge in [-0.1, -0.05) is 12.1 Å². The van der Waals surface area contributed by atoms with Gasteiger partial charge in [-0.2, -0.15) is 17.4 Å². The van der Waals surface area contributed by atoms with E-state index in [0.717, 1.165) is 18.4 Å². The van der Waals surface area contributed by atoms with Crippen molar-refractivity contribution in [3.8, 4) is 0 Å². The average molecular weight is 255 g/mol. The molecule has 1 aromatic rings. The van der Waals surface area contributed by atoms with Crippen molar-refractivity contribution >= 4 is 15.9 Å². The van der Waals surface area contributed by atoms with E-state index < -0.39 is 10.2 Å². The van der Waals surface area contributed by atoms with E-state index in [9.17, 15) is 8.42 Å². The van der Waals surface area contributed by atoms with Crippen LogP contribution in [0.1, 0.15) is 18.4 Å². The molecule has 0 spiro atoms. The van der Waals surface area contributed by atoms with Crippen molar-refractivity contribution in [3.05, 3.63) is 29.8 Å².